The van der Waals surface area contributed by atoms with Gasteiger partial charge in [-0.25, -0.2) is 4.79 Å². The van der Waals surface area contributed by atoms with Gasteiger partial charge in [0.1, 0.15) is 23.9 Å². The molecule has 3 amide bonds. The van der Waals surface area contributed by atoms with E-state index in [1.807, 2.05) is 34.6 Å². The number of carbonyl (C=O) groups is 4. The summed E-state index contributed by atoms with van der Waals surface area (Å²) in [6.07, 6.45) is 1.62. The van der Waals surface area contributed by atoms with Crippen molar-refractivity contribution < 1.29 is 29.4 Å². The standard InChI is InChI=1S/C27H44N4O6/c1-7-16(5)22(25(34)29-21(27(36)37)13-15(3)4)31-26(35)23(17(6)8-2)30-24(33)20(28)14-18-9-11-19(32)12-10-18/h9-12,15-17,20-23,32H,7-8,13-14,28H2,1-6H3,(H,29,34)(H,30,33)(H,31,35)(H,36,37). The third-order valence-electron chi connectivity index (χ3n) is 6.64. The van der Waals surface area contributed by atoms with Crippen molar-refractivity contribution in [2.45, 2.75) is 91.4 Å². The maximum atomic E-state index is 13.3. The second kappa shape index (κ2) is 15.2. The van der Waals surface area contributed by atoms with Crippen molar-refractivity contribution in [3.05, 3.63) is 29.8 Å². The maximum absolute atomic E-state index is 13.3. The van der Waals surface area contributed by atoms with Crippen LogP contribution in [-0.4, -0.2) is 58.1 Å². The first-order chi connectivity index (χ1) is 17.3. The van der Waals surface area contributed by atoms with Crippen molar-refractivity contribution in [1.29, 1.82) is 0 Å². The highest BCUT2D eigenvalue weighted by Crippen LogP contribution is 2.15. The maximum Gasteiger partial charge on any atom is 0.326 e. The molecule has 0 aromatic heterocycles. The van der Waals surface area contributed by atoms with Crippen molar-refractivity contribution in [2.24, 2.45) is 23.5 Å². The molecule has 0 radical (unpaired) electrons. The predicted molar refractivity (Wildman–Crippen MR) is 142 cm³/mol. The average Bonchev–Trinajstić information content (AvgIpc) is 2.84. The van der Waals surface area contributed by atoms with Crippen molar-refractivity contribution >= 4 is 23.7 Å². The molecule has 0 bridgehead atoms. The van der Waals surface area contributed by atoms with Crippen LogP contribution in [0.2, 0.25) is 0 Å². The predicted octanol–water partition coefficient (Wildman–Crippen LogP) is 1.94. The number of carbonyl (C=O) groups excluding carboxylic acids is 3. The largest absolute Gasteiger partial charge is 0.508 e. The minimum atomic E-state index is -1.14. The van der Waals surface area contributed by atoms with Crippen LogP contribution < -0.4 is 21.7 Å². The first-order valence-electron chi connectivity index (χ1n) is 13.0. The van der Waals surface area contributed by atoms with Crippen LogP contribution in [0, 0.1) is 17.8 Å². The van der Waals surface area contributed by atoms with Gasteiger partial charge in [-0.2, -0.15) is 0 Å². The Kier molecular flexibility index (Phi) is 13.1. The summed E-state index contributed by atoms with van der Waals surface area (Å²) in [5, 5.41) is 27.0. The van der Waals surface area contributed by atoms with Gasteiger partial charge in [-0.05, 0) is 48.3 Å². The molecule has 0 aliphatic rings. The van der Waals surface area contributed by atoms with Crippen LogP contribution in [0.25, 0.3) is 0 Å². The molecule has 6 atom stereocenters. The van der Waals surface area contributed by atoms with Crippen LogP contribution in [0.5, 0.6) is 5.75 Å². The highest BCUT2D eigenvalue weighted by Gasteiger charge is 2.34. The van der Waals surface area contributed by atoms with Crippen molar-refractivity contribution in [2.75, 3.05) is 0 Å². The van der Waals surface area contributed by atoms with E-state index in [-0.39, 0.29) is 36.3 Å². The molecule has 0 fully saturated rings. The Labute approximate surface area is 219 Å². The summed E-state index contributed by atoms with van der Waals surface area (Å²) in [5.74, 6) is -3.13. The molecule has 0 saturated carbocycles. The van der Waals surface area contributed by atoms with Crippen LogP contribution in [0.1, 0.15) is 66.4 Å². The number of hydrogen-bond acceptors (Lipinski definition) is 6. The van der Waals surface area contributed by atoms with Crippen LogP contribution in [0.15, 0.2) is 24.3 Å². The summed E-state index contributed by atoms with van der Waals surface area (Å²) in [7, 11) is 0. The number of amides is 3. The number of aromatic hydroxyl groups is 1. The Morgan fingerprint density at radius 1 is 0.811 bits per heavy atom. The van der Waals surface area contributed by atoms with E-state index < -0.39 is 47.9 Å². The Balaban J connectivity index is 3.01. The molecule has 10 nitrogen and oxygen atoms in total. The lowest BCUT2D eigenvalue weighted by molar-refractivity contribution is -0.143. The third-order valence-corrected chi connectivity index (χ3v) is 6.64. The third kappa shape index (κ3) is 10.4. The van der Waals surface area contributed by atoms with Crippen LogP contribution in [0.4, 0.5) is 0 Å². The smallest absolute Gasteiger partial charge is 0.326 e. The Morgan fingerprint density at radius 3 is 1.70 bits per heavy atom. The molecule has 6 unspecified atom stereocenters. The van der Waals surface area contributed by atoms with Gasteiger partial charge in [0.2, 0.25) is 17.7 Å². The number of aliphatic carboxylic acids is 1. The van der Waals surface area contributed by atoms with Crippen molar-refractivity contribution in [3.8, 4) is 5.75 Å². The quantitative estimate of drug-likeness (QED) is 0.205. The molecule has 7 N–H and O–H groups in total. The lowest BCUT2D eigenvalue weighted by Crippen LogP contribution is -2.60. The van der Waals surface area contributed by atoms with Gasteiger partial charge in [-0.1, -0.05) is 66.5 Å². The van der Waals surface area contributed by atoms with Crippen molar-refractivity contribution in [3.63, 3.8) is 0 Å². The fraction of sp³-hybridized carbons (Fsp3) is 0.630. The minimum Gasteiger partial charge on any atom is -0.508 e. The number of benzene rings is 1. The highest BCUT2D eigenvalue weighted by atomic mass is 16.4. The van der Waals surface area contributed by atoms with Crippen LogP contribution >= 0.6 is 0 Å². The molecule has 1 aromatic carbocycles. The molecule has 0 aliphatic heterocycles. The number of nitrogens with one attached hydrogen (secondary N) is 3. The summed E-state index contributed by atoms with van der Waals surface area (Å²) < 4.78 is 0. The molecular formula is C27H44N4O6. The zero-order valence-corrected chi connectivity index (χ0v) is 22.8. The molecule has 208 valence electrons. The molecule has 0 spiro atoms. The zero-order valence-electron chi connectivity index (χ0n) is 22.8. The fourth-order valence-electron chi connectivity index (χ4n) is 3.84. The molecular weight excluding hydrogens is 476 g/mol. The first-order valence-corrected chi connectivity index (χ1v) is 13.0. The van der Waals surface area contributed by atoms with Gasteiger partial charge >= 0.3 is 5.97 Å². The summed E-state index contributed by atoms with van der Waals surface area (Å²) in [4.78, 5) is 50.9. The topological polar surface area (TPSA) is 171 Å². The number of carboxylic acid groups (broad SMARTS) is 1. The van der Waals surface area contributed by atoms with Crippen molar-refractivity contribution in [1.82, 2.24) is 16.0 Å². The lowest BCUT2D eigenvalue weighted by atomic mass is 9.94. The van der Waals surface area contributed by atoms with Gasteiger partial charge < -0.3 is 31.9 Å². The van der Waals surface area contributed by atoms with E-state index >= 15 is 0 Å². The van der Waals surface area contributed by atoms with E-state index in [2.05, 4.69) is 16.0 Å². The fourth-order valence-corrected chi connectivity index (χ4v) is 3.84. The number of phenols is 1. The number of phenolic OH excluding ortho intramolecular Hbond substituents is 1. The van der Waals surface area contributed by atoms with Gasteiger partial charge in [-0.3, -0.25) is 14.4 Å². The van der Waals surface area contributed by atoms with Crippen LogP contribution in [-0.2, 0) is 25.6 Å². The first kappa shape index (κ1) is 31.9. The Hall–Kier alpha value is -3.14. The molecule has 10 heteroatoms. The molecule has 0 heterocycles. The molecule has 1 aromatic rings. The number of rotatable bonds is 15. The molecule has 0 aliphatic carbocycles. The number of carboxylic acids is 1. The van der Waals surface area contributed by atoms with E-state index in [1.165, 1.54) is 12.1 Å². The van der Waals surface area contributed by atoms with E-state index in [9.17, 15) is 29.4 Å². The van der Waals surface area contributed by atoms with E-state index in [1.54, 1.807) is 19.1 Å². The molecule has 0 saturated heterocycles. The van der Waals surface area contributed by atoms with Gasteiger partial charge in [-0.15, -0.1) is 0 Å². The summed E-state index contributed by atoms with van der Waals surface area (Å²) in [6.45, 7) is 11.1. The van der Waals surface area contributed by atoms with E-state index in [4.69, 9.17) is 5.73 Å². The summed E-state index contributed by atoms with van der Waals surface area (Å²) in [5.41, 5.74) is 6.85. The Bertz CT molecular complexity index is 905. The summed E-state index contributed by atoms with van der Waals surface area (Å²) >= 11 is 0. The van der Waals surface area contributed by atoms with Gasteiger partial charge in [0.05, 0.1) is 6.04 Å². The molecule has 1 rings (SSSR count). The average molecular weight is 521 g/mol. The summed E-state index contributed by atoms with van der Waals surface area (Å²) in [6, 6.07) is 2.44. The second-order valence-corrected chi connectivity index (χ2v) is 10.2. The number of nitrogens with two attached hydrogens (primary N) is 1. The second-order valence-electron chi connectivity index (χ2n) is 10.2. The zero-order chi connectivity index (χ0) is 28.3. The minimum absolute atomic E-state index is 0.0498. The monoisotopic (exact) mass is 520 g/mol. The van der Waals surface area contributed by atoms with E-state index in [0.29, 0.717) is 12.8 Å². The highest BCUT2D eigenvalue weighted by molar-refractivity contribution is 5.94. The normalized spacial score (nSPS) is 16.1. The van der Waals surface area contributed by atoms with E-state index in [0.717, 1.165) is 5.56 Å². The lowest BCUT2D eigenvalue weighted by Gasteiger charge is -2.30. The van der Waals surface area contributed by atoms with Gasteiger partial charge in [0, 0.05) is 0 Å². The van der Waals surface area contributed by atoms with Gasteiger partial charge in [0.25, 0.3) is 0 Å². The molecule has 37 heavy (non-hydrogen) atoms. The van der Waals surface area contributed by atoms with Gasteiger partial charge in [0.15, 0.2) is 0 Å². The van der Waals surface area contributed by atoms with Crippen LogP contribution in [0.3, 0.4) is 0 Å². The SMILES string of the molecule is CCC(C)C(NC(=O)C(N)Cc1ccc(O)cc1)C(=O)NC(C(=O)NC(CC(C)C)C(=O)O)C(C)CC. The number of hydrogen-bond donors (Lipinski definition) is 6. The Morgan fingerprint density at radius 2 is 1.27 bits per heavy atom.